The Morgan fingerprint density at radius 1 is 1.08 bits per heavy atom. The first-order valence-electron chi connectivity index (χ1n) is 8.72. The van der Waals surface area contributed by atoms with Gasteiger partial charge in [0.25, 0.3) is 0 Å². The highest BCUT2D eigenvalue weighted by molar-refractivity contribution is 7.98. The lowest BCUT2D eigenvalue weighted by molar-refractivity contribution is 0.247. The summed E-state index contributed by atoms with van der Waals surface area (Å²) in [4.78, 5) is 3.66. The number of anilines is 1. The normalized spacial score (nSPS) is 15.7. The Balaban J connectivity index is 1.44. The molecule has 0 amide bonds. The van der Waals surface area contributed by atoms with Gasteiger partial charge in [-0.05, 0) is 75.0 Å². The summed E-state index contributed by atoms with van der Waals surface area (Å²) in [5, 5.41) is 7.46. The highest BCUT2D eigenvalue weighted by atomic mass is 32.2. The first kappa shape index (κ1) is 18.2. The van der Waals surface area contributed by atoms with Gasteiger partial charge in [-0.25, -0.2) is 0 Å². The van der Waals surface area contributed by atoms with Crippen LogP contribution >= 0.6 is 24.0 Å². The number of hydrogen-bond acceptors (Lipinski definition) is 3. The number of nitrogens with zero attached hydrogens (tertiary/aromatic N) is 1. The van der Waals surface area contributed by atoms with Gasteiger partial charge in [0, 0.05) is 22.4 Å². The summed E-state index contributed by atoms with van der Waals surface area (Å²) in [5.41, 5.74) is 2.35. The van der Waals surface area contributed by atoms with Crippen LogP contribution in [0.3, 0.4) is 0 Å². The number of hydrogen-bond donors (Lipinski definition) is 2. The van der Waals surface area contributed by atoms with Crippen molar-refractivity contribution < 1.29 is 0 Å². The first-order chi connectivity index (χ1) is 12.2. The highest BCUT2D eigenvalue weighted by Crippen LogP contribution is 2.23. The first-order valence-corrected chi connectivity index (χ1v) is 10.1. The molecule has 1 aliphatic rings. The van der Waals surface area contributed by atoms with Gasteiger partial charge in [0.05, 0.1) is 0 Å². The molecular weight excluding hydrogens is 346 g/mol. The Bertz CT molecular complexity index is 665. The Morgan fingerprint density at radius 2 is 1.76 bits per heavy atom. The molecule has 0 spiro atoms. The monoisotopic (exact) mass is 371 g/mol. The minimum absolute atomic E-state index is 0.484. The highest BCUT2D eigenvalue weighted by Gasteiger charge is 2.16. The van der Waals surface area contributed by atoms with Gasteiger partial charge in [0.1, 0.15) is 0 Å². The van der Waals surface area contributed by atoms with Crippen molar-refractivity contribution in [3.8, 4) is 0 Å². The van der Waals surface area contributed by atoms with E-state index < -0.39 is 0 Å². The van der Waals surface area contributed by atoms with Gasteiger partial charge in [-0.3, -0.25) is 0 Å². The second kappa shape index (κ2) is 9.22. The van der Waals surface area contributed by atoms with E-state index in [-0.39, 0.29) is 0 Å². The quantitative estimate of drug-likeness (QED) is 0.602. The Kier molecular flexibility index (Phi) is 6.73. The number of benzene rings is 2. The van der Waals surface area contributed by atoms with E-state index in [9.17, 15) is 0 Å². The summed E-state index contributed by atoms with van der Waals surface area (Å²) in [5.74, 6) is 0.975. The lowest BCUT2D eigenvalue weighted by Crippen LogP contribution is -2.44. The number of nitrogens with one attached hydrogen (secondary N) is 2. The number of likely N-dealkylation sites (tertiary alicyclic amines) is 1. The van der Waals surface area contributed by atoms with Gasteiger partial charge in [0.15, 0.2) is 5.11 Å². The second-order valence-electron chi connectivity index (χ2n) is 6.47. The zero-order valence-electron chi connectivity index (χ0n) is 14.6. The van der Waals surface area contributed by atoms with Crippen LogP contribution in [0.2, 0.25) is 0 Å². The van der Waals surface area contributed by atoms with Crippen molar-refractivity contribution in [3.05, 3.63) is 60.2 Å². The molecule has 2 N–H and O–H groups in total. The van der Waals surface area contributed by atoms with Crippen molar-refractivity contribution in [2.24, 2.45) is 0 Å². The van der Waals surface area contributed by atoms with Crippen LogP contribution < -0.4 is 10.6 Å². The average Bonchev–Trinajstić information content (AvgIpc) is 2.64. The van der Waals surface area contributed by atoms with Crippen LogP contribution in [0.5, 0.6) is 0 Å². The topological polar surface area (TPSA) is 27.3 Å². The van der Waals surface area contributed by atoms with Crippen LogP contribution in [0, 0.1) is 0 Å². The van der Waals surface area contributed by atoms with Crippen molar-refractivity contribution in [2.45, 2.75) is 29.5 Å². The molecule has 1 saturated heterocycles. The van der Waals surface area contributed by atoms with Gasteiger partial charge in [0.2, 0.25) is 0 Å². The van der Waals surface area contributed by atoms with Crippen molar-refractivity contribution in [2.75, 3.05) is 25.5 Å². The predicted octanol–water partition coefficient (Wildman–Crippen LogP) is 4.36. The summed E-state index contributed by atoms with van der Waals surface area (Å²) in [6.07, 6.45) is 2.29. The maximum Gasteiger partial charge on any atom is 0.170 e. The standard InChI is InChI=1S/C20H25N3S2/c1-23-13-11-18(12-14-23)22-20(24)21-17-9-7-16(8-10-17)15-25-19-5-3-2-4-6-19/h2-10,18H,11-15H2,1H3,(H2,21,22,24). The Morgan fingerprint density at radius 3 is 2.44 bits per heavy atom. The number of thiocarbonyl (C=S) groups is 1. The maximum atomic E-state index is 5.45. The summed E-state index contributed by atoms with van der Waals surface area (Å²) in [7, 11) is 2.17. The van der Waals surface area contributed by atoms with Crippen LogP contribution in [0.1, 0.15) is 18.4 Å². The molecule has 2 aromatic carbocycles. The Hall–Kier alpha value is -1.56. The zero-order valence-corrected chi connectivity index (χ0v) is 16.2. The average molecular weight is 372 g/mol. The fourth-order valence-corrected chi connectivity index (χ4v) is 4.03. The molecule has 2 aromatic rings. The van der Waals surface area contributed by atoms with E-state index in [1.165, 1.54) is 10.5 Å². The van der Waals surface area contributed by atoms with Crippen LogP contribution in [-0.2, 0) is 5.75 Å². The third-order valence-electron chi connectivity index (χ3n) is 4.41. The molecule has 3 nitrogen and oxygen atoms in total. The molecule has 0 aliphatic carbocycles. The molecule has 1 fully saturated rings. The van der Waals surface area contributed by atoms with Gasteiger partial charge in [-0.1, -0.05) is 30.3 Å². The number of thioether (sulfide) groups is 1. The fraction of sp³-hybridized carbons (Fsp3) is 0.350. The summed E-state index contributed by atoms with van der Waals surface area (Å²) in [6.45, 7) is 2.27. The molecule has 3 rings (SSSR count). The van der Waals surface area contributed by atoms with Crippen LogP contribution in [0.25, 0.3) is 0 Å². The molecule has 0 radical (unpaired) electrons. The van der Waals surface area contributed by atoms with Gasteiger partial charge in [-0.15, -0.1) is 11.8 Å². The lowest BCUT2D eigenvalue weighted by Gasteiger charge is -2.30. The summed E-state index contributed by atoms with van der Waals surface area (Å²) < 4.78 is 0. The van der Waals surface area contributed by atoms with Gasteiger partial charge >= 0.3 is 0 Å². The maximum absolute atomic E-state index is 5.45. The molecule has 0 aromatic heterocycles. The SMILES string of the molecule is CN1CCC(NC(=S)Nc2ccc(CSc3ccccc3)cc2)CC1. The fourth-order valence-electron chi connectivity index (χ4n) is 2.87. The van der Waals surface area contributed by atoms with E-state index in [0.717, 1.165) is 42.5 Å². The largest absolute Gasteiger partial charge is 0.360 e. The minimum Gasteiger partial charge on any atom is -0.360 e. The molecule has 132 valence electrons. The third kappa shape index (κ3) is 6.03. The predicted molar refractivity (Wildman–Crippen MR) is 112 cm³/mol. The van der Waals surface area contributed by atoms with Crippen molar-refractivity contribution in [1.82, 2.24) is 10.2 Å². The smallest absolute Gasteiger partial charge is 0.170 e. The molecule has 0 unspecified atom stereocenters. The number of rotatable bonds is 5. The minimum atomic E-state index is 0.484. The molecule has 0 atom stereocenters. The third-order valence-corrected chi connectivity index (χ3v) is 5.72. The van der Waals surface area contributed by atoms with Gasteiger partial charge < -0.3 is 15.5 Å². The summed E-state index contributed by atoms with van der Waals surface area (Å²) >= 11 is 7.31. The van der Waals surface area contributed by atoms with Gasteiger partial charge in [-0.2, -0.15) is 0 Å². The van der Waals surface area contributed by atoms with E-state index in [1.807, 2.05) is 17.8 Å². The zero-order chi connectivity index (χ0) is 17.5. The van der Waals surface area contributed by atoms with Crippen LogP contribution in [0.4, 0.5) is 5.69 Å². The molecule has 0 saturated carbocycles. The molecular formula is C20H25N3S2. The lowest BCUT2D eigenvalue weighted by atomic mass is 10.1. The van der Waals surface area contributed by atoms with E-state index in [2.05, 4.69) is 71.1 Å². The summed E-state index contributed by atoms with van der Waals surface area (Å²) in [6, 6.07) is 19.5. The molecule has 1 aliphatic heterocycles. The van der Waals surface area contributed by atoms with Crippen LogP contribution in [0.15, 0.2) is 59.5 Å². The molecule has 5 heteroatoms. The second-order valence-corrected chi connectivity index (χ2v) is 7.93. The van der Waals surface area contributed by atoms with Crippen molar-refractivity contribution in [3.63, 3.8) is 0 Å². The van der Waals surface area contributed by atoms with Crippen LogP contribution in [-0.4, -0.2) is 36.2 Å². The van der Waals surface area contributed by atoms with Crippen molar-refractivity contribution in [1.29, 1.82) is 0 Å². The molecule has 1 heterocycles. The Labute approximate surface area is 160 Å². The van der Waals surface area contributed by atoms with E-state index in [4.69, 9.17) is 12.2 Å². The van der Waals surface area contributed by atoms with E-state index in [0.29, 0.717) is 6.04 Å². The molecule has 25 heavy (non-hydrogen) atoms. The van der Waals surface area contributed by atoms with Crippen molar-refractivity contribution >= 4 is 34.8 Å². The van der Waals surface area contributed by atoms with E-state index >= 15 is 0 Å². The number of piperidine rings is 1. The van der Waals surface area contributed by atoms with E-state index in [1.54, 1.807) is 0 Å². The molecule has 0 bridgehead atoms.